The lowest BCUT2D eigenvalue weighted by Gasteiger charge is -2.21. The van der Waals surface area contributed by atoms with Crippen LogP contribution < -0.4 is 0 Å². The first-order chi connectivity index (χ1) is 43.9. The van der Waals surface area contributed by atoms with Gasteiger partial charge in [-0.3, -0.25) is 37.3 Å². The van der Waals surface area contributed by atoms with E-state index in [1.54, 1.807) is 0 Å². The Morgan fingerprint density at radius 3 is 0.747 bits per heavy atom. The smallest absolute Gasteiger partial charge is 0.462 e. The van der Waals surface area contributed by atoms with Crippen molar-refractivity contribution in [2.24, 2.45) is 11.8 Å². The van der Waals surface area contributed by atoms with Crippen molar-refractivity contribution in [1.82, 2.24) is 0 Å². The van der Waals surface area contributed by atoms with Gasteiger partial charge in [0.25, 0.3) is 0 Å². The summed E-state index contributed by atoms with van der Waals surface area (Å²) >= 11 is 0. The lowest BCUT2D eigenvalue weighted by atomic mass is 10.0. The third-order valence-corrected chi connectivity index (χ3v) is 18.6. The fourth-order valence-electron chi connectivity index (χ4n) is 10.9. The molecular formula is C72H140O17P2. The molecule has 0 amide bonds. The molecule has 17 nitrogen and oxygen atoms in total. The molecule has 0 bridgehead atoms. The molecule has 0 rings (SSSR count). The molecule has 0 saturated carbocycles. The lowest BCUT2D eigenvalue weighted by Crippen LogP contribution is -2.30. The van der Waals surface area contributed by atoms with Crippen molar-refractivity contribution in [3.8, 4) is 0 Å². The van der Waals surface area contributed by atoms with Crippen LogP contribution in [-0.2, 0) is 65.4 Å². The normalized spacial score (nSPS) is 14.1. The molecule has 0 aromatic heterocycles. The second-order valence-corrected chi connectivity index (χ2v) is 29.8. The Hall–Kier alpha value is -1.94. The van der Waals surface area contributed by atoms with Gasteiger partial charge in [0.2, 0.25) is 0 Å². The Morgan fingerprint density at radius 1 is 0.297 bits per heavy atom. The van der Waals surface area contributed by atoms with E-state index in [0.717, 1.165) is 108 Å². The van der Waals surface area contributed by atoms with Gasteiger partial charge in [0.1, 0.15) is 19.3 Å². The van der Waals surface area contributed by atoms with Gasteiger partial charge in [-0.2, -0.15) is 0 Å². The Balaban J connectivity index is 5.20. The molecule has 5 atom stereocenters. The quantitative estimate of drug-likeness (QED) is 0.0222. The average molecular weight is 1340 g/mol. The first-order valence-corrected chi connectivity index (χ1v) is 40.5. The van der Waals surface area contributed by atoms with E-state index in [1.165, 1.54) is 180 Å². The van der Waals surface area contributed by atoms with Crippen LogP contribution >= 0.6 is 15.6 Å². The summed E-state index contributed by atoms with van der Waals surface area (Å²) in [6.07, 6.45) is 50.1. The molecule has 91 heavy (non-hydrogen) atoms. The van der Waals surface area contributed by atoms with Crippen LogP contribution in [0.25, 0.3) is 0 Å². The number of aliphatic hydroxyl groups excluding tert-OH is 1. The zero-order chi connectivity index (χ0) is 67.2. The second-order valence-electron chi connectivity index (χ2n) is 26.9. The van der Waals surface area contributed by atoms with Gasteiger partial charge >= 0.3 is 39.5 Å². The topological polar surface area (TPSA) is 237 Å². The standard InChI is InChI=1S/C72H140O17P2/c1-7-9-11-13-15-17-18-19-20-21-22-23-24-25-26-31-38-44-50-56-71(76)88-68(61-83-70(75)55-49-43-37-30-28-27-29-34-40-46-52-64(3)4)63-87-91(80,81)85-59-66(73)58-84-90(78,79)86-62-67(60-82-69(74)54-48-42-36-16-14-12-10-8-2)89-72(77)57-51-45-39-33-32-35-41-47-53-65(5)6/h64-68,73H,7-63H2,1-6H3,(H,78,79)(H,80,81)/t66-,67+,68+/m0/s1. The molecule has 540 valence electrons. The number of phosphoric acid groups is 2. The third kappa shape index (κ3) is 66.5. The summed E-state index contributed by atoms with van der Waals surface area (Å²) in [6.45, 7) is 9.49. The number of carbonyl (C=O) groups is 4. The third-order valence-electron chi connectivity index (χ3n) is 16.7. The van der Waals surface area contributed by atoms with E-state index in [4.69, 9.17) is 37.0 Å². The van der Waals surface area contributed by atoms with Gasteiger partial charge in [0, 0.05) is 25.7 Å². The van der Waals surface area contributed by atoms with Crippen LogP contribution in [0.15, 0.2) is 0 Å². The molecule has 0 heterocycles. The van der Waals surface area contributed by atoms with E-state index in [-0.39, 0.29) is 25.7 Å². The average Bonchev–Trinajstić information content (AvgIpc) is 3.72. The van der Waals surface area contributed by atoms with E-state index in [2.05, 4.69) is 41.5 Å². The molecule has 0 aromatic carbocycles. The SMILES string of the molecule is CCCCCCCCCCCCCCCCCCCCCC(=O)O[C@H](COC(=O)CCCCCCCCCCCCC(C)C)COP(=O)(O)OC[C@@H](O)COP(=O)(O)OC[C@@H](COC(=O)CCCCCCCCCC)OC(=O)CCCCCCCCCCC(C)C. The predicted molar refractivity (Wildman–Crippen MR) is 368 cm³/mol. The minimum atomic E-state index is -4.95. The van der Waals surface area contributed by atoms with Gasteiger partial charge < -0.3 is 33.8 Å². The highest BCUT2D eigenvalue weighted by molar-refractivity contribution is 7.47. The number of esters is 4. The van der Waals surface area contributed by atoms with Crippen molar-refractivity contribution in [2.75, 3.05) is 39.6 Å². The maximum Gasteiger partial charge on any atom is 0.472 e. The fraction of sp³-hybridized carbons (Fsp3) is 0.944. The van der Waals surface area contributed by atoms with E-state index in [1.807, 2.05) is 0 Å². The Morgan fingerprint density at radius 2 is 0.505 bits per heavy atom. The molecule has 0 radical (unpaired) electrons. The monoisotopic (exact) mass is 1340 g/mol. The number of carbonyl (C=O) groups excluding carboxylic acids is 4. The highest BCUT2D eigenvalue weighted by Crippen LogP contribution is 2.45. The molecule has 0 aromatic rings. The van der Waals surface area contributed by atoms with Crippen LogP contribution in [0.1, 0.15) is 369 Å². The Bertz CT molecular complexity index is 1770. The predicted octanol–water partition coefficient (Wildman–Crippen LogP) is 20.8. The first-order valence-electron chi connectivity index (χ1n) is 37.5. The summed E-state index contributed by atoms with van der Waals surface area (Å²) in [5.74, 6) is -0.649. The zero-order valence-corrected chi connectivity index (χ0v) is 60.9. The van der Waals surface area contributed by atoms with E-state index in [0.29, 0.717) is 25.7 Å². The number of hydrogen-bond donors (Lipinski definition) is 3. The van der Waals surface area contributed by atoms with Gasteiger partial charge in [-0.1, -0.05) is 318 Å². The molecule has 0 aliphatic carbocycles. The first kappa shape index (κ1) is 89.1. The Labute approximate surface area is 556 Å². The van der Waals surface area contributed by atoms with Gasteiger partial charge in [0.05, 0.1) is 26.4 Å². The highest BCUT2D eigenvalue weighted by Gasteiger charge is 2.30. The largest absolute Gasteiger partial charge is 0.472 e. The Kier molecular flexibility index (Phi) is 62.7. The van der Waals surface area contributed by atoms with Gasteiger partial charge in [-0.05, 0) is 37.5 Å². The number of hydrogen-bond acceptors (Lipinski definition) is 15. The molecule has 0 spiro atoms. The lowest BCUT2D eigenvalue weighted by molar-refractivity contribution is -0.161. The maximum atomic E-state index is 13.0. The van der Waals surface area contributed by atoms with Crippen molar-refractivity contribution >= 4 is 39.5 Å². The summed E-state index contributed by atoms with van der Waals surface area (Å²) in [6, 6.07) is 0. The highest BCUT2D eigenvalue weighted by atomic mass is 31.2. The number of ether oxygens (including phenoxy) is 4. The summed E-state index contributed by atoms with van der Waals surface area (Å²) in [4.78, 5) is 72.5. The van der Waals surface area contributed by atoms with Crippen LogP contribution in [0.2, 0.25) is 0 Å². The summed E-state index contributed by atoms with van der Waals surface area (Å²) in [7, 11) is -9.90. The number of phosphoric ester groups is 2. The number of aliphatic hydroxyl groups is 1. The molecule has 0 saturated heterocycles. The zero-order valence-electron chi connectivity index (χ0n) is 59.1. The number of rotatable bonds is 71. The van der Waals surface area contributed by atoms with Gasteiger partial charge in [0.15, 0.2) is 12.2 Å². The van der Waals surface area contributed by atoms with Gasteiger partial charge in [-0.25, -0.2) is 9.13 Å². The molecule has 3 N–H and O–H groups in total. The molecule has 0 aliphatic heterocycles. The number of unbranched alkanes of at least 4 members (excludes halogenated alkanes) is 41. The maximum absolute atomic E-state index is 13.0. The molecule has 19 heteroatoms. The van der Waals surface area contributed by atoms with Crippen molar-refractivity contribution < 1.29 is 80.2 Å². The van der Waals surface area contributed by atoms with E-state index in [9.17, 15) is 43.2 Å². The summed E-state index contributed by atoms with van der Waals surface area (Å²) in [5.41, 5.74) is 0. The van der Waals surface area contributed by atoms with Crippen molar-refractivity contribution in [3.05, 3.63) is 0 Å². The summed E-state index contributed by atoms with van der Waals surface area (Å²) < 4.78 is 68.3. The van der Waals surface area contributed by atoms with Crippen molar-refractivity contribution in [1.29, 1.82) is 0 Å². The van der Waals surface area contributed by atoms with Crippen molar-refractivity contribution in [2.45, 2.75) is 387 Å². The molecule has 0 fully saturated rings. The van der Waals surface area contributed by atoms with Crippen LogP contribution in [0.3, 0.4) is 0 Å². The minimum Gasteiger partial charge on any atom is -0.462 e. The molecule has 0 aliphatic rings. The van der Waals surface area contributed by atoms with Crippen LogP contribution in [0.5, 0.6) is 0 Å². The fourth-order valence-corrected chi connectivity index (χ4v) is 12.5. The van der Waals surface area contributed by atoms with Crippen molar-refractivity contribution in [3.63, 3.8) is 0 Å². The molecular weight excluding hydrogens is 1200 g/mol. The van der Waals surface area contributed by atoms with E-state index >= 15 is 0 Å². The van der Waals surface area contributed by atoms with Crippen LogP contribution in [-0.4, -0.2) is 96.7 Å². The minimum absolute atomic E-state index is 0.104. The van der Waals surface area contributed by atoms with E-state index < -0.39 is 97.5 Å². The van der Waals surface area contributed by atoms with Gasteiger partial charge in [-0.15, -0.1) is 0 Å². The second kappa shape index (κ2) is 64.1. The van der Waals surface area contributed by atoms with Crippen LogP contribution in [0.4, 0.5) is 0 Å². The molecule has 2 unspecified atom stereocenters. The van der Waals surface area contributed by atoms with Crippen LogP contribution in [0, 0.1) is 11.8 Å². The summed E-state index contributed by atoms with van der Waals surface area (Å²) in [5, 5.41) is 10.6.